The fourth-order valence-electron chi connectivity index (χ4n) is 2.44. The largest absolute Gasteiger partial charge is 0.308 e. The predicted octanol–water partition coefficient (Wildman–Crippen LogP) is 3.81. The molecule has 3 aromatic rings. The van der Waals surface area contributed by atoms with E-state index in [1.807, 2.05) is 50.2 Å². The molecule has 5 nitrogen and oxygen atoms in total. The lowest BCUT2D eigenvalue weighted by Gasteiger charge is -2.18. The van der Waals surface area contributed by atoms with Crippen LogP contribution in [0.4, 0.5) is 5.69 Å². The molecule has 24 heavy (non-hydrogen) atoms. The van der Waals surface area contributed by atoms with Gasteiger partial charge in [-0.15, -0.1) is 5.10 Å². The van der Waals surface area contributed by atoms with Crippen molar-refractivity contribution in [2.45, 2.75) is 13.8 Å². The van der Waals surface area contributed by atoms with Gasteiger partial charge in [-0.2, -0.15) is 0 Å². The first kappa shape index (κ1) is 16.2. The Hall–Kier alpha value is -2.66. The van der Waals surface area contributed by atoms with Crippen LogP contribution in [-0.4, -0.2) is 27.7 Å². The van der Waals surface area contributed by atoms with Crippen molar-refractivity contribution >= 4 is 23.2 Å². The Morgan fingerprint density at radius 1 is 1.12 bits per heavy atom. The van der Waals surface area contributed by atoms with Crippen molar-refractivity contribution in [3.05, 3.63) is 70.8 Å². The lowest BCUT2D eigenvalue weighted by atomic mass is 10.2. The third kappa shape index (κ3) is 3.16. The van der Waals surface area contributed by atoms with Crippen LogP contribution < -0.4 is 4.90 Å². The summed E-state index contributed by atoms with van der Waals surface area (Å²) < 4.78 is 1.59. The molecule has 1 amide bonds. The van der Waals surface area contributed by atoms with E-state index in [9.17, 15) is 4.79 Å². The first-order valence-corrected chi connectivity index (χ1v) is 7.86. The second-order valence-corrected chi connectivity index (χ2v) is 6.08. The molecule has 0 N–H and O–H groups in total. The first-order chi connectivity index (χ1) is 11.5. The summed E-state index contributed by atoms with van der Waals surface area (Å²) in [7, 11) is 1.70. The summed E-state index contributed by atoms with van der Waals surface area (Å²) in [5.74, 6) is -0.126. The molecule has 2 aromatic carbocycles. The third-order valence-corrected chi connectivity index (χ3v) is 4.04. The highest BCUT2D eigenvalue weighted by Crippen LogP contribution is 2.23. The van der Waals surface area contributed by atoms with Gasteiger partial charge in [0.15, 0.2) is 0 Å². The number of benzene rings is 2. The van der Waals surface area contributed by atoms with Gasteiger partial charge in [0.1, 0.15) is 6.33 Å². The highest BCUT2D eigenvalue weighted by molar-refractivity contribution is 6.30. The number of halogens is 1. The van der Waals surface area contributed by atoms with Gasteiger partial charge in [-0.05, 0) is 49.7 Å². The summed E-state index contributed by atoms with van der Waals surface area (Å²) in [6.07, 6.45) is 1.54. The van der Waals surface area contributed by atoms with Gasteiger partial charge >= 0.3 is 0 Å². The molecule has 0 atom stereocenters. The van der Waals surface area contributed by atoms with E-state index < -0.39 is 0 Å². The number of carbonyl (C=O) groups is 1. The Labute approximate surface area is 145 Å². The molecule has 0 fully saturated rings. The van der Waals surface area contributed by atoms with Crippen molar-refractivity contribution in [3.8, 4) is 5.69 Å². The van der Waals surface area contributed by atoms with E-state index in [4.69, 9.17) is 11.6 Å². The van der Waals surface area contributed by atoms with Crippen LogP contribution in [0.2, 0.25) is 5.02 Å². The predicted molar refractivity (Wildman–Crippen MR) is 95.0 cm³/mol. The maximum Gasteiger partial charge on any atom is 0.297 e. The van der Waals surface area contributed by atoms with E-state index in [2.05, 4.69) is 10.1 Å². The average molecular weight is 341 g/mol. The summed E-state index contributed by atoms with van der Waals surface area (Å²) >= 11 is 5.97. The summed E-state index contributed by atoms with van der Waals surface area (Å²) in [6, 6.07) is 13.2. The number of anilines is 1. The van der Waals surface area contributed by atoms with Crippen molar-refractivity contribution in [2.24, 2.45) is 0 Å². The third-order valence-electron chi connectivity index (χ3n) is 3.81. The van der Waals surface area contributed by atoms with Crippen LogP contribution in [0.1, 0.15) is 21.7 Å². The van der Waals surface area contributed by atoms with Crippen LogP contribution in [0.25, 0.3) is 5.69 Å². The summed E-state index contributed by atoms with van der Waals surface area (Å²) in [6.45, 7) is 3.92. The molecule has 0 aliphatic carbocycles. The van der Waals surface area contributed by atoms with Gasteiger partial charge in [0, 0.05) is 17.8 Å². The molecule has 3 rings (SSSR count). The van der Waals surface area contributed by atoms with Crippen molar-refractivity contribution in [1.82, 2.24) is 14.8 Å². The molecule has 0 radical (unpaired) electrons. The zero-order valence-electron chi connectivity index (χ0n) is 13.7. The van der Waals surface area contributed by atoms with Gasteiger partial charge in [0.2, 0.25) is 5.82 Å². The Morgan fingerprint density at radius 2 is 1.83 bits per heavy atom. The smallest absolute Gasteiger partial charge is 0.297 e. The van der Waals surface area contributed by atoms with Gasteiger partial charge in [-0.1, -0.05) is 29.3 Å². The van der Waals surface area contributed by atoms with E-state index in [1.54, 1.807) is 24.1 Å². The molecule has 122 valence electrons. The van der Waals surface area contributed by atoms with Crippen molar-refractivity contribution in [3.63, 3.8) is 0 Å². The van der Waals surface area contributed by atoms with Crippen molar-refractivity contribution < 1.29 is 4.79 Å². The zero-order valence-corrected chi connectivity index (χ0v) is 14.4. The minimum Gasteiger partial charge on any atom is -0.308 e. The number of hydrogen-bond donors (Lipinski definition) is 0. The lowest BCUT2D eigenvalue weighted by molar-refractivity contribution is 0.0983. The van der Waals surface area contributed by atoms with Gasteiger partial charge in [-0.3, -0.25) is 4.79 Å². The molecule has 0 spiro atoms. The molecule has 0 saturated heterocycles. The maximum atomic E-state index is 12.6. The molecule has 0 unspecified atom stereocenters. The molecule has 0 aliphatic heterocycles. The Bertz CT molecular complexity index is 886. The Morgan fingerprint density at radius 3 is 2.50 bits per heavy atom. The molecule has 6 heteroatoms. The van der Waals surface area contributed by atoms with E-state index in [0.717, 1.165) is 22.5 Å². The number of carbonyl (C=O) groups excluding carboxylic acids is 1. The van der Waals surface area contributed by atoms with Crippen LogP contribution in [0.3, 0.4) is 0 Å². The zero-order chi connectivity index (χ0) is 17.3. The van der Waals surface area contributed by atoms with E-state index >= 15 is 0 Å². The molecular formula is C18H17ClN4O. The second-order valence-electron chi connectivity index (χ2n) is 5.64. The van der Waals surface area contributed by atoms with Crippen LogP contribution in [0.15, 0.2) is 48.8 Å². The minimum atomic E-state index is -0.272. The number of rotatable bonds is 3. The van der Waals surface area contributed by atoms with E-state index in [0.29, 0.717) is 5.02 Å². The fraction of sp³-hybridized carbons (Fsp3) is 0.167. The summed E-state index contributed by atoms with van der Waals surface area (Å²) in [5.41, 5.74) is 3.71. The van der Waals surface area contributed by atoms with Crippen LogP contribution in [-0.2, 0) is 0 Å². The Kier molecular flexibility index (Phi) is 4.36. The van der Waals surface area contributed by atoms with Gasteiger partial charge in [0.05, 0.1) is 5.69 Å². The quantitative estimate of drug-likeness (QED) is 0.728. The highest BCUT2D eigenvalue weighted by atomic mass is 35.5. The van der Waals surface area contributed by atoms with Crippen molar-refractivity contribution in [2.75, 3.05) is 11.9 Å². The highest BCUT2D eigenvalue weighted by Gasteiger charge is 2.19. The monoisotopic (exact) mass is 340 g/mol. The molecule has 0 saturated carbocycles. The molecule has 0 aliphatic rings. The summed E-state index contributed by atoms with van der Waals surface area (Å²) in [5, 5.41) is 4.93. The molecular weight excluding hydrogens is 324 g/mol. The topological polar surface area (TPSA) is 51.0 Å². The lowest BCUT2D eigenvalue weighted by Crippen LogP contribution is -2.28. The number of nitrogens with zero attached hydrogens (tertiary/aromatic N) is 4. The molecule has 1 aromatic heterocycles. The van der Waals surface area contributed by atoms with Gasteiger partial charge in [-0.25, -0.2) is 9.67 Å². The fourth-order valence-corrected chi connectivity index (χ4v) is 2.66. The van der Waals surface area contributed by atoms with Crippen LogP contribution in [0, 0.1) is 13.8 Å². The second kappa shape index (κ2) is 6.45. The van der Waals surface area contributed by atoms with Crippen LogP contribution in [0.5, 0.6) is 0 Å². The van der Waals surface area contributed by atoms with Gasteiger partial charge < -0.3 is 4.90 Å². The van der Waals surface area contributed by atoms with E-state index in [-0.39, 0.29) is 11.7 Å². The standard InChI is InChI=1S/C18H17ClN4O/c1-12-4-7-15(8-5-12)23-11-20-17(21-23)18(24)22(3)16-9-6-14(19)10-13(16)2/h4-11H,1-3H3. The summed E-state index contributed by atoms with van der Waals surface area (Å²) in [4.78, 5) is 18.3. The first-order valence-electron chi connectivity index (χ1n) is 7.48. The number of aromatic nitrogens is 3. The number of aryl methyl sites for hydroxylation is 2. The number of hydrogen-bond acceptors (Lipinski definition) is 3. The maximum absolute atomic E-state index is 12.6. The van der Waals surface area contributed by atoms with E-state index in [1.165, 1.54) is 4.90 Å². The minimum absolute atomic E-state index is 0.146. The molecule has 0 bridgehead atoms. The van der Waals surface area contributed by atoms with Gasteiger partial charge in [0.25, 0.3) is 5.91 Å². The Balaban J connectivity index is 1.86. The number of amides is 1. The average Bonchev–Trinajstić information content (AvgIpc) is 3.04. The van der Waals surface area contributed by atoms with Crippen LogP contribution >= 0.6 is 11.6 Å². The normalized spacial score (nSPS) is 10.7. The SMILES string of the molecule is Cc1ccc(-n2cnc(C(=O)N(C)c3ccc(Cl)cc3C)n2)cc1. The van der Waals surface area contributed by atoms with Crippen molar-refractivity contribution in [1.29, 1.82) is 0 Å². The molecule has 1 heterocycles.